The molecule has 0 aliphatic heterocycles. The first-order valence-electron chi connectivity index (χ1n) is 6.39. The summed E-state index contributed by atoms with van der Waals surface area (Å²) in [5.74, 6) is 2.36. The zero-order valence-electron chi connectivity index (χ0n) is 11.8. The first-order chi connectivity index (χ1) is 9.67. The quantitative estimate of drug-likeness (QED) is 0.870. The Kier molecular flexibility index (Phi) is 5.09. The summed E-state index contributed by atoms with van der Waals surface area (Å²) in [6, 6.07) is 9.60. The Morgan fingerprint density at radius 2 is 1.80 bits per heavy atom. The van der Waals surface area contributed by atoms with Crippen molar-refractivity contribution in [2.24, 2.45) is 0 Å². The van der Waals surface area contributed by atoms with Crippen LogP contribution in [0.4, 0.5) is 0 Å². The van der Waals surface area contributed by atoms with Crippen molar-refractivity contribution in [2.75, 3.05) is 20.8 Å². The summed E-state index contributed by atoms with van der Waals surface area (Å²) in [6.45, 7) is 2.88. The summed E-state index contributed by atoms with van der Waals surface area (Å²) in [5.41, 5.74) is 1.03. The van der Waals surface area contributed by atoms with E-state index in [4.69, 9.17) is 13.9 Å². The molecule has 1 aromatic carbocycles. The van der Waals surface area contributed by atoms with E-state index < -0.39 is 0 Å². The van der Waals surface area contributed by atoms with E-state index in [1.165, 1.54) is 0 Å². The summed E-state index contributed by atoms with van der Waals surface area (Å²) in [4.78, 5) is 0. The van der Waals surface area contributed by atoms with Crippen LogP contribution in [0.2, 0.25) is 0 Å². The van der Waals surface area contributed by atoms with Crippen molar-refractivity contribution >= 4 is 15.9 Å². The summed E-state index contributed by atoms with van der Waals surface area (Å²) >= 11 is 3.34. The van der Waals surface area contributed by atoms with Crippen LogP contribution in [-0.4, -0.2) is 20.8 Å². The molecule has 0 fully saturated rings. The molecule has 0 bridgehead atoms. The van der Waals surface area contributed by atoms with E-state index in [2.05, 4.69) is 28.2 Å². The second-order valence-corrected chi connectivity index (χ2v) is 5.06. The molecular weight excluding hydrogens is 322 g/mol. The van der Waals surface area contributed by atoms with Gasteiger partial charge in [0.2, 0.25) is 0 Å². The summed E-state index contributed by atoms with van der Waals surface area (Å²) in [7, 11) is 3.29. The van der Waals surface area contributed by atoms with E-state index in [1.54, 1.807) is 14.2 Å². The maximum absolute atomic E-state index is 5.67. The minimum atomic E-state index is -0.0460. The van der Waals surface area contributed by atoms with Crippen molar-refractivity contribution in [1.82, 2.24) is 5.32 Å². The molecule has 20 heavy (non-hydrogen) atoms. The van der Waals surface area contributed by atoms with E-state index >= 15 is 0 Å². The lowest BCUT2D eigenvalue weighted by atomic mass is 10.0. The fraction of sp³-hybridized carbons (Fsp3) is 0.333. The molecule has 4 nitrogen and oxygen atoms in total. The van der Waals surface area contributed by atoms with Gasteiger partial charge < -0.3 is 19.2 Å². The topological polar surface area (TPSA) is 43.6 Å². The minimum absolute atomic E-state index is 0.0460. The largest absolute Gasteiger partial charge is 0.497 e. The van der Waals surface area contributed by atoms with Gasteiger partial charge in [-0.1, -0.05) is 6.92 Å². The molecule has 1 aromatic heterocycles. The molecule has 0 radical (unpaired) electrons. The third-order valence-electron chi connectivity index (χ3n) is 2.99. The van der Waals surface area contributed by atoms with Crippen LogP contribution in [0.1, 0.15) is 24.3 Å². The summed E-state index contributed by atoms with van der Waals surface area (Å²) in [6.07, 6.45) is 0. The molecule has 1 N–H and O–H groups in total. The molecule has 1 atom stereocenters. The fourth-order valence-corrected chi connectivity index (χ4v) is 2.39. The molecular formula is C15H18BrNO3. The smallest absolute Gasteiger partial charge is 0.169 e. The number of benzene rings is 1. The van der Waals surface area contributed by atoms with Crippen molar-refractivity contribution in [3.8, 4) is 11.5 Å². The summed E-state index contributed by atoms with van der Waals surface area (Å²) < 4.78 is 17.0. The first kappa shape index (κ1) is 14.9. The number of furan rings is 1. The van der Waals surface area contributed by atoms with E-state index in [9.17, 15) is 0 Å². The van der Waals surface area contributed by atoms with Gasteiger partial charge in [0.15, 0.2) is 4.67 Å². The molecule has 5 heteroatoms. The van der Waals surface area contributed by atoms with Crippen molar-refractivity contribution < 1.29 is 13.9 Å². The average Bonchev–Trinajstić information content (AvgIpc) is 2.90. The van der Waals surface area contributed by atoms with Gasteiger partial charge in [-0.2, -0.15) is 0 Å². The highest BCUT2D eigenvalue weighted by atomic mass is 79.9. The monoisotopic (exact) mass is 339 g/mol. The van der Waals surface area contributed by atoms with E-state index in [-0.39, 0.29) is 6.04 Å². The van der Waals surface area contributed by atoms with Gasteiger partial charge in [-0.05, 0) is 52.3 Å². The van der Waals surface area contributed by atoms with Crippen molar-refractivity contribution in [2.45, 2.75) is 13.0 Å². The van der Waals surface area contributed by atoms with Gasteiger partial charge >= 0.3 is 0 Å². The Balaban J connectivity index is 2.42. The number of halogens is 1. The molecule has 0 aliphatic carbocycles. The van der Waals surface area contributed by atoms with E-state index in [0.29, 0.717) is 4.67 Å². The third-order valence-corrected chi connectivity index (χ3v) is 3.42. The van der Waals surface area contributed by atoms with Crippen molar-refractivity contribution in [3.05, 3.63) is 46.3 Å². The van der Waals surface area contributed by atoms with Crippen LogP contribution in [-0.2, 0) is 0 Å². The first-order valence-corrected chi connectivity index (χ1v) is 7.18. The fourth-order valence-electron chi connectivity index (χ4n) is 2.07. The van der Waals surface area contributed by atoms with Gasteiger partial charge in [0, 0.05) is 6.07 Å². The Bertz CT molecular complexity index is 546. The Morgan fingerprint density at radius 3 is 2.25 bits per heavy atom. The van der Waals surface area contributed by atoms with Crippen molar-refractivity contribution in [1.29, 1.82) is 0 Å². The standard InChI is InChI=1S/C15H18BrNO3/c1-4-17-15(13-5-6-14(16)20-13)10-7-11(18-2)9-12(8-10)19-3/h5-9,15,17H,4H2,1-3H3. The molecule has 0 spiro atoms. The number of methoxy groups -OCH3 is 2. The highest BCUT2D eigenvalue weighted by molar-refractivity contribution is 9.10. The van der Waals surface area contributed by atoms with Gasteiger partial charge in [0.05, 0.1) is 20.3 Å². The molecule has 1 heterocycles. The average molecular weight is 340 g/mol. The van der Waals surface area contributed by atoms with E-state index in [1.807, 2.05) is 30.3 Å². The second-order valence-electron chi connectivity index (χ2n) is 4.28. The van der Waals surface area contributed by atoms with Crippen LogP contribution >= 0.6 is 15.9 Å². The molecule has 0 amide bonds. The second kappa shape index (κ2) is 6.81. The highest BCUT2D eigenvalue weighted by Crippen LogP contribution is 2.31. The van der Waals surface area contributed by atoms with Crippen LogP contribution in [0.3, 0.4) is 0 Å². The van der Waals surface area contributed by atoms with E-state index in [0.717, 1.165) is 29.4 Å². The zero-order valence-corrected chi connectivity index (χ0v) is 13.4. The summed E-state index contributed by atoms with van der Waals surface area (Å²) in [5, 5.41) is 3.41. The molecule has 108 valence electrons. The van der Waals surface area contributed by atoms with Gasteiger partial charge in [-0.15, -0.1) is 0 Å². The SMILES string of the molecule is CCNC(c1cc(OC)cc(OC)c1)c1ccc(Br)o1. The van der Waals surface area contributed by atoms with Gasteiger partial charge in [0.25, 0.3) is 0 Å². The Labute approximate surface area is 127 Å². The predicted octanol–water partition coefficient (Wildman–Crippen LogP) is 3.76. The van der Waals surface area contributed by atoms with Gasteiger partial charge in [0.1, 0.15) is 17.3 Å². The minimum Gasteiger partial charge on any atom is -0.497 e. The van der Waals surface area contributed by atoms with Crippen molar-refractivity contribution in [3.63, 3.8) is 0 Å². The lowest BCUT2D eigenvalue weighted by Gasteiger charge is -2.18. The number of rotatable bonds is 6. The normalized spacial score (nSPS) is 12.2. The van der Waals surface area contributed by atoms with Crippen LogP contribution < -0.4 is 14.8 Å². The predicted molar refractivity (Wildman–Crippen MR) is 81.5 cm³/mol. The Morgan fingerprint density at radius 1 is 1.15 bits per heavy atom. The van der Waals surface area contributed by atoms with Crippen LogP contribution in [0.5, 0.6) is 11.5 Å². The highest BCUT2D eigenvalue weighted by Gasteiger charge is 2.18. The van der Waals surface area contributed by atoms with Crippen LogP contribution in [0, 0.1) is 0 Å². The number of nitrogens with one attached hydrogen (secondary N) is 1. The van der Waals surface area contributed by atoms with Crippen LogP contribution in [0.25, 0.3) is 0 Å². The number of ether oxygens (including phenoxy) is 2. The van der Waals surface area contributed by atoms with Gasteiger partial charge in [-0.3, -0.25) is 0 Å². The zero-order chi connectivity index (χ0) is 14.5. The third kappa shape index (κ3) is 3.35. The molecule has 0 saturated heterocycles. The molecule has 1 unspecified atom stereocenters. The number of hydrogen-bond acceptors (Lipinski definition) is 4. The molecule has 0 saturated carbocycles. The number of hydrogen-bond donors (Lipinski definition) is 1. The molecule has 2 rings (SSSR count). The molecule has 0 aliphatic rings. The lowest BCUT2D eigenvalue weighted by Crippen LogP contribution is -2.21. The maximum Gasteiger partial charge on any atom is 0.169 e. The molecule has 2 aromatic rings. The lowest BCUT2D eigenvalue weighted by molar-refractivity contribution is 0.390. The Hall–Kier alpha value is -1.46. The van der Waals surface area contributed by atoms with Crippen LogP contribution in [0.15, 0.2) is 39.4 Å². The van der Waals surface area contributed by atoms with Gasteiger partial charge in [-0.25, -0.2) is 0 Å². The maximum atomic E-state index is 5.67.